The van der Waals surface area contributed by atoms with Gasteiger partial charge in [0.25, 0.3) is 0 Å². The van der Waals surface area contributed by atoms with E-state index in [1.54, 1.807) is 0 Å². The molecule has 0 aliphatic rings. The van der Waals surface area contributed by atoms with Gasteiger partial charge in [0.2, 0.25) is 0 Å². The maximum absolute atomic E-state index is 12.7. The lowest BCUT2D eigenvalue weighted by atomic mass is 9.78. The van der Waals surface area contributed by atoms with E-state index < -0.39 is 0 Å². The van der Waals surface area contributed by atoms with Crippen LogP contribution in [0.3, 0.4) is 0 Å². The molecule has 9 aromatic rings. The van der Waals surface area contributed by atoms with Crippen molar-refractivity contribution in [1.29, 1.82) is 0 Å². The standard InChI is InChI=1S/C69H78N6O/c1-64(2,3)49-36-47(35-48(37-49)55-39-46(33-34-70-55)42-23-20-19-21-24-42)51-25-22-26-57-58(51)71-61(52-40-50(65(4,5)6)41-54(59(52)76)67(10,11)12)75(57)56-32-31-45(38-53(56)66(7,8)9)43-27-29-44(30-28-43)60-72-62(68(13,14)15)74-63(73-60)69(16,17)18/h19-41,76H,1-18H3. The molecule has 0 radical (unpaired) electrons. The maximum atomic E-state index is 12.7. The molecule has 0 bridgehead atoms. The number of hydrogen-bond acceptors (Lipinski definition) is 6. The van der Waals surface area contributed by atoms with Crippen LogP contribution in [0.25, 0.3) is 84.1 Å². The summed E-state index contributed by atoms with van der Waals surface area (Å²) >= 11 is 0. The molecule has 1 N–H and O–H groups in total. The van der Waals surface area contributed by atoms with Gasteiger partial charge in [-0.1, -0.05) is 210 Å². The number of aromatic hydroxyl groups is 1. The highest BCUT2D eigenvalue weighted by atomic mass is 16.3. The molecule has 6 aromatic carbocycles. The Bertz CT molecular complexity index is 3600. The predicted octanol–water partition coefficient (Wildman–Crippen LogP) is 18.1. The second-order valence-electron chi connectivity index (χ2n) is 27.1. The Balaban J connectivity index is 1.28. The number of aromatic nitrogens is 6. The fraction of sp³-hybridized carbons (Fsp3) is 0.348. The highest BCUT2D eigenvalue weighted by Crippen LogP contribution is 2.46. The molecule has 7 nitrogen and oxygen atoms in total. The molecule has 0 fully saturated rings. The molecular formula is C69H78N6O. The third-order valence-electron chi connectivity index (χ3n) is 14.5. The first-order valence-corrected chi connectivity index (χ1v) is 27.0. The van der Waals surface area contributed by atoms with Crippen LogP contribution < -0.4 is 0 Å². The van der Waals surface area contributed by atoms with Gasteiger partial charge in [0.05, 0.1) is 28.0 Å². The maximum Gasteiger partial charge on any atom is 0.163 e. The first kappa shape index (κ1) is 53.6. The van der Waals surface area contributed by atoms with Gasteiger partial charge in [-0.25, -0.2) is 19.9 Å². The molecule has 3 aromatic heterocycles. The van der Waals surface area contributed by atoms with Gasteiger partial charge in [-0.2, -0.15) is 0 Å². The summed E-state index contributed by atoms with van der Waals surface area (Å²) in [5, 5.41) is 12.7. The van der Waals surface area contributed by atoms with E-state index in [-0.39, 0.29) is 38.2 Å². The van der Waals surface area contributed by atoms with Crippen LogP contribution in [-0.4, -0.2) is 34.6 Å². The van der Waals surface area contributed by atoms with Crippen molar-refractivity contribution < 1.29 is 5.11 Å². The lowest BCUT2D eigenvalue weighted by molar-refractivity contribution is 0.446. The number of para-hydroxylation sites is 1. The Kier molecular flexibility index (Phi) is 13.5. The summed E-state index contributed by atoms with van der Waals surface area (Å²) in [5.41, 5.74) is 15.8. The van der Waals surface area contributed by atoms with Crippen LogP contribution in [0.15, 0.2) is 140 Å². The molecule has 3 heterocycles. The van der Waals surface area contributed by atoms with Crippen molar-refractivity contribution >= 4 is 11.0 Å². The first-order valence-electron chi connectivity index (χ1n) is 27.0. The summed E-state index contributed by atoms with van der Waals surface area (Å²) in [5.74, 6) is 3.19. The molecule has 0 atom stereocenters. The van der Waals surface area contributed by atoms with Gasteiger partial charge in [0.15, 0.2) is 5.82 Å². The van der Waals surface area contributed by atoms with Gasteiger partial charge in [-0.05, 0) is 115 Å². The largest absolute Gasteiger partial charge is 0.507 e. The molecule has 390 valence electrons. The summed E-state index contributed by atoms with van der Waals surface area (Å²) in [7, 11) is 0. The SMILES string of the molecule is CC(C)(C)c1cc(-c2cc(-c3ccccc3)ccn2)cc(-c2cccc3c2nc(-c2cc(C(C)(C)C)cc(C(C)(C)C)c2O)n3-c2ccc(-c3ccc(-c4nc(C(C)(C)C)nc(C(C)(C)C)n4)cc3)cc2C(C)(C)C)c1. The van der Waals surface area contributed by atoms with E-state index in [4.69, 9.17) is 24.9 Å². The van der Waals surface area contributed by atoms with Gasteiger partial charge < -0.3 is 5.11 Å². The molecule has 0 amide bonds. The number of imidazole rings is 1. The number of fused-ring (bicyclic) bond motifs is 1. The number of rotatable bonds is 7. The van der Waals surface area contributed by atoms with Crippen molar-refractivity contribution in [3.8, 4) is 78.9 Å². The Morgan fingerprint density at radius 2 is 0.934 bits per heavy atom. The van der Waals surface area contributed by atoms with Crippen LogP contribution in [0, 0.1) is 0 Å². The third-order valence-corrected chi connectivity index (χ3v) is 14.5. The van der Waals surface area contributed by atoms with E-state index in [0.29, 0.717) is 17.2 Å². The normalized spacial score (nSPS) is 12.9. The third kappa shape index (κ3) is 10.8. The Labute approximate surface area is 453 Å². The van der Waals surface area contributed by atoms with Gasteiger partial charge >= 0.3 is 0 Å². The lowest BCUT2D eigenvalue weighted by Crippen LogP contribution is -2.24. The first-order chi connectivity index (χ1) is 35.4. The highest BCUT2D eigenvalue weighted by Gasteiger charge is 2.31. The van der Waals surface area contributed by atoms with E-state index in [2.05, 4.69) is 257 Å². The van der Waals surface area contributed by atoms with Crippen molar-refractivity contribution in [1.82, 2.24) is 29.5 Å². The van der Waals surface area contributed by atoms with Gasteiger partial charge in [-0.3, -0.25) is 9.55 Å². The van der Waals surface area contributed by atoms with Crippen LogP contribution in [0.2, 0.25) is 0 Å². The van der Waals surface area contributed by atoms with Crippen molar-refractivity contribution in [3.05, 3.63) is 174 Å². The van der Waals surface area contributed by atoms with Crippen LogP contribution in [0.1, 0.15) is 159 Å². The summed E-state index contributed by atoms with van der Waals surface area (Å²) in [4.78, 5) is 25.6. The zero-order valence-electron chi connectivity index (χ0n) is 48.4. The zero-order chi connectivity index (χ0) is 55.1. The van der Waals surface area contributed by atoms with E-state index in [0.717, 1.165) is 95.3 Å². The van der Waals surface area contributed by atoms with E-state index in [1.807, 2.05) is 12.3 Å². The monoisotopic (exact) mass is 1010 g/mol. The zero-order valence-corrected chi connectivity index (χ0v) is 48.4. The summed E-state index contributed by atoms with van der Waals surface area (Å²) in [6.45, 7) is 39.7. The number of hydrogen-bond donors (Lipinski definition) is 1. The van der Waals surface area contributed by atoms with Crippen molar-refractivity contribution in [2.24, 2.45) is 0 Å². The predicted molar refractivity (Wildman–Crippen MR) is 319 cm³/mol. The number of pyridine rings is 1. The second-order valence-corrected chi connectivity index (χ2v) is 27.1. The van der Waals surface area contributed by atoms with Crippen LogP contribution in [0.4, 0.5) is 0 Å². The van der Waals surface area contributed by atoms with Crippen LogP contribution in [-0.2, 0) is 32.5 Å². The molecule has 0 saturated carbocycles. The minimum atomic E-state index is -0.348. The Morgan fingerprint density at radius 1 is 0.382 bits per heavy atom. The van der Waals surface area contributed by atoms with Crippen molar-refractivity contribution in [2.45, 2.75) is 157 Å². The van der Waals surface area contributed by atoms with Gasteiger partial charge in [0.1, 0.15) is 23.2 Å². The average molecular weight is 1010 g/mol. The Morgan fingerprint density at radius 3 is 1.53 bits per heavy atom. The summed E-state index contributed by atoms with van der Waals surface area (Å²) in [6, 6.07) is 47.9. The second kappa shape index (κ2) is 19.1. The molecule has 0 aliphatic heterocycles. The smallest absolute Gasteiger partial charge is 0.163 e. The number of phenols is 1. The van der Waals surface area contributed by atoms with Crippen molar-refractivity contribution in [2.75, 3.05) is 0 Å². The molecular weight excluding hydrogens is 929 g/mol. The molecule has 7 heteroatoms. The average Bonchev–Trinajstić information content (AvgIpc) is 3.79. The van der Waals surface area contributed by atoms with Gasteiger partial charge in [0, 0.05) is 39.3 Å². The summed E-state index contributed by atoms with van der Waals surface area (Å²) in [6.07, 6.45) is 1.91. The van der Waals surface area contributed by atoms with Crippen LogP contribution in [0.5, 0.6) is 5.75 Å². The van der Waals surface area contributed by atoms with Crippen molar-refractivity contribution in [3.63, 3.8) is 0 Å². The summed E-state index contributed by atoms with van der Waals surface area (Å²) < 4.78 is 2.31. The fourth-order valence-corrected chi connectivity index (χ4v) is 9.83. The molecule has 76 heavy (non-hydrogen) atoms. The minimum absolute atomic E-state index is 0.162. The minimum Gasteiger partial charge on any atom is -0.507 e. The topological polar surface area (TPSA) is 89.6 Å². The molecule has 0 aliphatic carbocycles. The van der Waals surface area contributed by atoms with Crippen LogP contribution >= 0.6 is 0 Å². The quantitative estimate of drug-likeness (QED) is 0.171. The lowest BCUT2D eigenvalue weighted by Gasteiger charge is -2.28. The Hall–Kier alpha value is -7.25. The molecule has 0 spiro atoms. The number of nitrogens with zero attached hydrogens (tertiary/aromatic N) is 6. The van der Waals surface area contributed by atoms with Gasteiger partial charge in [-0.15, -0.1) is 0 Å². The number of phenolic OH excluding ortho intramolecular Hbond substituents is 1. The van der Waals surface area contributed by atoms with E-state index in [9.17, 15) is 5.11 Å². The fourth-order valence-electron chi connectivity index (χ4n) is 9.83. The highest BCUT2D eigenvalue weighted by molar-refractivity contribution is 5.97. The molecule has 9 rings (SSSR count). The molecule has 0 saturated heterocycles. The molecule has 0 unspecified atom stereocenters. The van der Waals surface area contributed by atoms with E-state index in [1.165, 1.54) is 5.56 Å². The number of benzene rings is 6. The van der Waals surface area contributed by atoms with E-state index >= 15 is 0 Å².